The van der Waals surface area contributed by atoms with Crippen LogP contribution in [0.15, 0.2) is 29.2 Å². The van der Waals surface area contributed by atoms with Crippen molar-refractivity contribution in [2.75, 3.05) is 6.54 Å². The first-order valence-electron chi connectivity index (χ1n) is 6.54. The Bertz CT molecular complexity index is 530. The smallest absolute Gasteiger partial charge is 0.244 e. The lowest BCUT2D eigenvalue weighted by Gasteiger charge is -2.16. The summed E-state index contributed by atoms with van der Waals surface area (Å²) >= 11 is 0. The van der Waals surface area contributed by atoms with Gasteiger partial charge in [0.2, 0.25) is 10.0 Å². The van der Waals surface area contributed by atoms with Crippen LogP contribution in [0.1, 0.15) is 26.2 Å². The van der Waals surface area contributed by atoms with Crippen LogP contribution >= 0.6 is 0 Å². The molecule has 1 fully saturated rings. The molecule has 0 heterocycles. The van der Waals surface area contributed by atoms with Crippen LogP contribution in [0, 0.1) is 0 Å². The zero-order valence-electron chi connectivity index (χ0n) is 11.0. The molecular weight excluding hydrogens is 264 g/mol. The minimum Gasteiger partial charge on any atom is -0.489 e. The first-order valence-corrected chi connectivity index (χ1v) is 8.02. The summed E-state index contributed by atoms with van der Waals surface area (Å²) in [6, 6.07) is 6.87. The summed E-state index contributed by atoms with van der Waals surface area (Å²) in [7, 11) is -3.50. The standard InChI is InChI=1S/C13H20N2O3S/c1-2-15-19(16,17)13-6-4-3-5-12(13)18-11-8-7-10(14)9-11/h3-6,10-11,15H,2,7-9,14H2,1H3. The van der Waals surface area contributed by atoms with Gasteiger partial charge in [-0.25, -0.2) is 13.1 Å². The summed E-state index contributed by atoms with van der Waals surface area (Å²) in [5.74, 6) is 0.405. The molecule has 1 aromatic carbocycles. The second-order valence-corrected chi connectivity index (χ2v) is 6.50. The molecule has 0 saturated heterocycles. The molecule has 2 rings (SSSR count). The molecule has 19 heavy (non-hydrogen) atoms. The normalized spacial score (nSPS) is 23.5. The fourth-order valence-electron chi connectivity index (χ4n) is 2.30. The predicted molar refractivity (Wildman–Crippen MR) is 73.5 cm³/mol. The highest BCUT2D eigenvalue weighted by molar-refractivity contribution is 7.89. The van der Waals surface area contributed by atoms with E-state index in [1.165, 1.54) is 0 Å². The number of nitrogens with two attached hydrogens (primary N) is 1. The van der Waals surface area contributed by atoms with Crippen LogP contribution in [0.25, 0.3) is 0 Å². The van der Waals surface area contributed by atoms with Crippen molar-refractivity contribution >= 4 is 10.0 Å². The van der Waals surface area contributed by atoms with E-state index in [-0.39, 0.29) is 17.0 Å². The van der Waals surface area contributed by atoms with Crippen molar-refractivity contribution in [3.63, 3.8) is 0 Å². The van der Waals surface area contributed by atoms with Crippen LogP contribution in [0.2, 0.25) is 0 Å². The molecule has 106 valence electrons. The van der Waals surface area contributed by atoms with Gasteiger partial charge in [0.15, 0.2) is 0 Å². The van der Waals surface area contributed by atoms with Crippen molar-refractivity contribution in [2.45, 2.75) is 43.2 Å². The number of hydrogen-bond donors (Lipinski definition) is 2. The fraction of sp³-hybridized carbons (Fsp3) is 0.538. The van der Waals surface area contributed by atoms with Crippen molar-refractivity contribution in [3.8, 4) is 5.75 Å². The second kappa shape index (κ2) is 5.90. The maximum absolute atomic E-state index is 12.1. The minimum absolute atomic E-state index is 0.00739. The highest BCUT2D eigenvalue weighted by Crippen LogP contribution is 2.28. The number of hydrogen-bond acceptors (Lipinski definition) is 4. The summed E-state index contributed by atoms with van der Waals surface area (Å²) in [5, 5.41) is 0. The molecule has 0 amide bonds. The van der Waals surface area contributed by atoms with E-state index in [2.05, 4.69) is 4.72 Å². The van der Waals surface area contributed by atoms with Crippen LogP contribution in [-0.4, -0.2) is 27.1 Å². The van der Waals surface area contributed by atoms with E-state index in [4.69, 9.17) is 10.5 Å². The number of benzene rings is 1. The van der Waals surface area contributed by atoms with Gasteiger partial charge >= 0.3 is 0 Å². The van der Waals surface area contributed by atoms with Crippen LogP contribution in [0.3, 0.4) is 0 Å². The number of nitrogens with one attached hydrogen (secondary N) is 1. The first kappa shape index (κ1) is 14.3. The maximum Gasteiger partial charge on any atom is 0.244 e. The van der Waals surface area contributed by atoms with Gasteiger partial charge in [-0.2, -0.15) is 0 Å². The molecule has 0 aromatic heterocycles. The molecular formula is C13H20N2O3S. The van der Waals surface area contributed by atoms with Crippen LogP contribution in [0.5, 0.6) is 5.75 Å². The Morgan fingerprint density at radius 2 is 2.11 bits per heavy atom. The van der Waals surface area contributed by atoms with Crippen LogP contribution < -0.4 is 15.2 Å². The summed E-state index contributed by atoms with van der Waals surface area (Å²) in [6.07, 6.45) is 2.58. The Kier molecular flexibility index (Phi) is 4.44. The van der Waals surface area contributed by atoms with Gasteiger partial charge in [0.05, 0.1) is 0 Å². The van der Waals surface area contributed by atoms with E-state index in [0.29, 0.717) is 12.3 Å². The number of sulfonamides is 1. The van der Waals surface area contributed by atoms with E-state index in [9.17, 15) is 8.42 Å². The molecule has 0 radical (unpaired) electrons. The highest BCUT2D eigenvalue weighted by atomic mass is 32.2. The SMILES string of the molecule is CCNS(=O)(=O)c1ccccc1OC1CCC(N)C1. The minimum atomic E-state index is -3.50. The summed E-state index contributed by atoms with van der Waals surface area (Å²) < 4.78 is 32.4. The Labute approximate surface area is 114 Å². The molecule has 5 nitrogen and oxygen atoms in total. The quantitative estimate of drug-likeness (QED) is 0.852. The maximum atomic E-state index is 12.1. The van der Waals surface area contributed by atoms with Gasteiger partial charge in [-0.3, -0.25) is 0 Å². The zero-order chi connectivity index (χ0) is 13.9. The molecule has 3 N–H and O–H groups in total. The Morgan fingerprint density at radius 3 is 2.74 bits per heavy atom. The third kappa shape index (κ3) is 3.46. The monoisotopic (exact) mass is 284 g/mol. The summed E-state index contributed by atoms with van der Waals surface area (Å²) in [4.78, 5) is 0.192. The lowest BCUT2D eigenvalue weighted by atomic mass is 10.3. The molecule has 1 saturated carbocycles. The fourth-order valence-corrected chi connectivity index (χ4v) is 3.47. The molecule has 1 aliphatic rings. The van der Waals surface area contributed by atoms with Crippen molar-refractivity contribution in [1.82, 2.24) is 4.72 Å². The van der Waals surface area contributed by atoms with E-state index < -0.39 is 10.0 Å². The topological polar surface area (TPSA) is 81.4 Å². The van der Waals surface area contributed by atoms with Gasteiger partial charge < -0.3 is 10.5 Å². The molecule has 2 unspecified atom stereocenters. The van der Waals surface area contributed by atoms with Gasteiger partial charge in [-0.05, 0) is 31.4 Å². The molecule has 6 heteroatoms. The number of ether oxygens (including phenoxy) is 1. The number of rotatable bonds is 5. The first-order chi connectivity index (χ1) is 9.03. The van der Waals surface area contributed by atoms with E-state index in [0.717, 1.165) is 19.3 Å². The van der Waals surface area contributed by atoms with E-state index in [1.807, 2.05) is 0 Å². The molecule has 1 aliphatic carbocycles. The number of para-hydroxylation sites is 1. The lowest BCUT2D eigenvalue weighted by molar-refractivity contribution is 0.202. The van der Waals surface area contributed by atoms with E-state index in [1.54, 1.807) is 31.2 Å². The summed E-state index contributed by atoms with van der Waals surface area (Å²) in [6.45, 7) is 2.10. The Morgan fingerprint density at radius 1 is 1.37 bits per heavy atom. The van der Waals surface area contributed by atoms with Gasteiger partial charge in [-0.15, -0.1) is 0 Å². The third-order valence-electron chi connectivity index (χ3n) is 3.19. The molecule has 0 bridgehead atoms. The van der Waals surface area contributed by atoms with Crippen molar-refractivity contribution in [1.29, 1.82) is 0 Å². The molecule has 2 atom stereocenters. The lowest BCUT2D eigenvalue weighted by Crippen LogP contribution is -2.25. The Hall–Kier alpha value is -1.11. The summed E-state index contributed by atoms with van der Waals surface area (Å²) in [5.41, 5.74) is 5.84. The van der Waals surface area contributed by atoms with Gasteiger partial charge in [0, 0.05) is 12.6 Å². The molecule has 0 spiro atoms. The molecule has 1 aromatic rings. The van der Waals surface area contributed by atoms with Crippen molar-refractivity contribution in [3.05, 3.63) is 24.3 Å². The van der Waals surface area contributed by atoms with Crippen molar-refractivity contribution < 1.29 is 13.2 Å². The van der Waals surface area contributed by atoms with Gasteiger partial charge in [0.25, 0.3) is 0 Å². The van der Waals surface area contributed by atoms with Crippen molar-refractivity contribution in [2.24, 2.45) is 5.73 Å². The average molecular weight is 284 g/mol. The largest absolute Gasteiger partial charge is 0.489 e. The predicted octanol–water partition coefficient (Wildman–Crippen LogP) is 1.24. The van der Waals surface area contributed by atoms with Gasteiger partial charge in [-0.1, -0.05) is 19.1 Å². The van der Waals surface area contributed by atoms with E-state index >= 15 is 0 Å². The average Bonchev–Trinajstić information content (AvgIpc) is 2.75. The van der Waals surface area contributed by atoms with Crippen LogP contribution in [0.4, 0.5) is 0 Å². The highest BCUT2D eigenvalue weighted by Gasteiger charge is 2.26. The second-order valence-electron chi connectivity index (χ2n) is 4.76. The Balaban J connectivity index is 2.21. The van der Waals surface area contributed by atoms with Gasteiger partial charge in [0.1, 0.15) is 16.7 Å². The molecule has 0 aliphatic heterocycles. The van der Waals surface area contributed by atoms with Crippen LogP contribution in [-0.2, 0) is 10.0 Å². The third-order valence-corrected chi connectivity index (χ3v) is 4.78. The zero-order valence-corrected chi connectivity index (χ0v) is 11.8.